The average Bonchev–Trinajstić information content (AvgIpc) is 2.78. The highest BCUT2D eigenvalue weighted by Gasteiger charge is 2.19. The van der Waals surface area contributed by atoms with Gasteiger partial charge in [-0.2, -0.15) is 0 Å². The molecular formula is C12H17NO3S2. The van der Waals surface area contributed by atoms with E-state index >= 15 is 0 Å². The number of rotatable bonds is 7. The summed E-state index contributed by atoms with van der Waals surface area (Å²) in [7, 11) is 0. The Morgan fingerprint density at radius 3 is 2.67 bits per heavy atom. The van der Waals surface area contributed by atoms with Gasteiger partial charge in [0.05, 0.1) is 17.5 Å². The van der Waals surface area contributed by atoms with Crippen LogP contribution in [0, 0.1) is 5.92 Å². The summed E-state index contributed by atoms with van der Waals surface area (Å²) in [6.07, 6.45) is 0. The van der Waals surface area contributed by atoms with E-state index in [0.717, 1.165) is 16.6 Å². The molecule has 18 heavy (non-hydrogen) atoms. The van der Waals surface area contributed by atoms with Crippen LogP contribution in [-0.2, 0) is 9.59 Å². The Kier molecular flexibility index (Phi) is 6.21. The van der Waals surface area contributed by atoms with Crippen LogP contribution in [0.5, 0.6) is 0 Å². The van der Waals surface area contributed by atoms with E-state index in [1.807, 2.05) is 17.5 Å². The molecule has 0 saturated carbocycles. The topological polar surface area (TPSA) is 66.4 Å². The smallest absolute Gasteiger partial charge is 0.313 e. The predicted octanol–water partition coefficient (Wildman–Crippen LogP) is 2.38. The molecule has 0 spiro atoms. The number of carboxylic acid groups (broad SMARTS) is 1. The molecule has 4 nitrogen and oxygen atoms in total. The van der Waals surface area contributed by atoms with Gasteiger partial charge in [0, 0.05) is 4.88 Å². The first-order valence-electron chi connectivity index (χ1n) is 5.63. The van der Waals surface area contributed by atoms with E-state index in [9.17, 15) is 9.59 Å². The molecule has 0 saturated heterocycles. The second-order valence-electron chi connectivity index (χ2n) is 4.19. The lowest BCUT2D eigenvalue weighted by Crippen LogP contribution is -2.32. The second kappa shape index (κ2) is 7.43. The fraction of sp³-hybridized carbons (Fsp3) is 0.500. The molecule has 1 aromatic heterocycles. The molecule has 0 radical (unpaired) electrons. The van der Waals surface area contributed by atoms with Crippen molar-refractivity contribution in [2.45, 2.75) is 19.9 Å². The van der Waals surface area contributed by atoms with E-state index in [4.69, 9.17) is 5.11 Å². The van der Waals surface area contributed by atoms with Crippen LogP contribution in [0.3, 0.4) is 0 Å². The van der Waals surface area contributed by atoms with Crippen LogP contribution in [0.15, 0.2) is 17.5 Å². The number of amides is 1. The molecule has 1 atom stereocenters. The number of thioether (sulfide) groups is 1. The Hall–Kier alpha value is -1.01. The third kappa shape index (κ3) is 5.10. The van der Waals surface area contributed by atoms with Gasteiger partial charge in [-0.3, -0.25) is 9.59 Å². The fourth-order valence-corrected chi connectivity index (χ4v) is 2.98. The standard InChI is InChI=1S/C12H17NO3S2/c1-8(2)12(9-4-3-5-18-9)13-10(14)6-17-7-11(15)16/h3-5,8,12H,6-7H2,1-2H3,(H,13,14)(H,15,16). The van der Waals surface area contributed by atoms with Crippen LogP contribution < -0.4 is 5.32 Å². The molecular weight excluding hydrogens is 270 g/mol. The first kappa shape index (κ1) is 15.0. The van der Waals surface area contributed by atoms with Crippen LogP contribution in [0.1, 0.15) is 24.8 Å². The quantitative estimate of drug-likeness (QED) is 0.808. The number of nitrogens with one attached hydrogen (secondary N) is 1. The Balaban J connectivity index is 2.47. The summed E-state index contributed by atoms with van der Waals surface area (Å²) < 4.78 is 0. The summed E-state index contributed by atoms with van der Waals surface area (Å²) in [5.74, 6) is -0.573. The predicted molar refractivity (Wildman–Crippen MR) is 75.0 cm³/mol. The monoisotopic (exact) mass is 287 g/mol. The van der Waals surface area contributed by atoms with Crippen LogP contribution in [0.25, 0.3) is 0 Å². The lowest BCUT2D eigenvalue weighted by atomic mass is 10.0. The second-order valence-corrected chi connectivity index (χ2v) is 6.16. The Bertz CT molecular complexity index is 390. The van der Waals surface area contributed by atoms with Crippen LogP contribution in [0.2, 0.25) is 0 Å². The van der Waals surface area contributed by atoms with Gasteiger partial charge in [-0.1, -0.05) is 19.9 Å². The summed E-state index contributed by atoms with van der Waals surface area (Å²) in [5, 5.41) is 13.4. The van der Waals surface area contributed by atoms with Crippen molar-refractivity contribution in [3.05, 3.63) is 22.4 Å². The molecule has 6 heteroatoms. The lowest BCUT2D eigenvalue weighted by molar-refractivity contribution is -0.133. The van der Waals surface area contributed by atoms with Crippen molar-refractivity contribution >= 4 is 35.0 Å². The third-order valence-corrected chi connectivity index (χ3v) is 4.16. The molecule has 0 aromatic carbocycles. The van der Waals surface area contributed by atoms with Crippen molar-refractivity contribution in [2.75, 3.05) is 11.5 Å². The third-order valence-electron chi connectivity index (χ3n) is 2.29. The van der Waals surface area contributed by atoms with Crippen molar-refractivity contribution in [3.8, 4) is 0 Å². The number of hydrogen-bond acceptors (Lipinski definition) is 4. The van der Waals surface area contributed by atoms with Gasteiger partial charge in [-0.15, -0.1) is 23.1 Å². The lowest BCUT2D eigenvalue weighted by Gasteiger charge is -2.21. The van der Waals surface area contributed by atoms with E-state index in [0.29, 0.717) is 5.92 Å². The van der Waals surface area contributed by atoms with Gasteiger partial charge in [-0.05, 0) is 17.4 Å². The Labute approximate surface area is 115 Å². The van der Waals surface area contributed by atoms with Gasteiger partial charge in [0.2, 0.25) is 5.91 Å². The van der Waals surface area contributed by atoms with Gasteiger partial charge in [0.25, 0.3) is 0 Å². The number of carbonyl (C=O) groups excluding carboxylic acids is 1. The van der Waals surface area contributed by atoms with Crippen molar-refractivity contribution in [1.29, 1.82) is 0 Å². The molecule has 0 aliphatic heterocycles. The highest BCUT2D eigenvalue weighted by atomic mass is 32.2. The highest BCUT2D eigenvalue weighted by Crippen LogP contribution is 2.25. The minimum Gasteiger partial charge on any atom is -0.481 e. The van der Waals surface area contributed by atoms with Gasteiger partial charge < -0.3 is 10.4 Å². The largest absolute Gasteiger partial charge is 0.481 e. The fourth-order valence-electron chi connectivity index (χ4n) is 1.48. The molecule has 100 valence electrons. The number of carbonyl (C=O) groups is 2. The van der Waals surface area contributed by atoms with E-state index in [1.165, 1.54) is 0 Å². The number of hydrogen-bond donors (Lipinski definition) is 2. The molecule has 0 bridgehead atoms. The van der Waals surface area contributed by atoms with Gasteiger partial charge in [0.15, 0.2) is 0 Å². The Morgan fingerprint density at radius 1 is 1.44 bits per heavy atom. The van der Waals surface area contributed by atoms with Crippen LogP contribution >= 0.6 is 23.1 Å². The minimum atomic E-state index is -0.897. The van der Waals surface area contributed by atoms with Gasteiger partial charge in [0.1, 0.15) is 0 Å². The van der Waals surface area contributed by atoms with E-state index in [1.54, 1.807) is 11.3 Å². The maximum absolute atomic E-state index is 11.7. The molecule has 1 rings (SSSR count). The average molecular weight is 287 g/mol. The zero-order valence-corrected chi connectivity index (χ0v) is 12.0. The first-order chi connectivity index (χ1) is 8.50. The molecule has 1 heterocycles. The van der Waals surface area contributed by atoms with Gasteiger partial charge >= 0.3 is 5.97 Å². The normalized spacial score (nSPS) is 12.4. The number of aliphatic carboxylic acids is 1. The summed E-state index contributed by atoms with van der Waals surface area (Å²) in [6, 6.07) is 3.96. The van der Waals surface area contributed by atoms with E-state index < -0.39 is 5.97 Å². The van der Waals surface area contributed by atoms with Gasteiger partial charge in [-0.25, -0.2) is 0 Å². The molecule has 0 aliphatic carbocycles. The SMILES string of the molecule is CC(C)C(NC(=O)CSCC(=O)O)c1cccs1. The van der Waals surface area contributed by atoms with Crippen LogP contribution in [-0.4, -0.2) is 28.5 Å². The van der Waals surface area contributed by atoms with E-state index in [2.05, 4.69) is 19.2 Å². The zero-order valence-electron chi connectivity index (χ0n) is 10.4. The summed E-state index contributed by atoms with van der Waals surface area (Å²) in [4.78, 5) is 23.2. The van der Waals surface area contributed by atoms with Crippen molar-refractivity contribution < 1.29 is 14.7 Å². The van der Waals surface area contributed by atoms with Crippen molar-refractivity contribution in [1.82, 2.24) is 5.32 Å². The molecule has 0 fully saturated rings. The Morgan fingerprint density at radius 2 is 2.17 bits per heavy atom. The van der Waals surface area contributed by atoms with Crippen molar-refractivity contribution in [2.24, 2.45) is 5.92 Å². The maximum atomic E-state index is 11.7. The summed E-state index contributed by atoms with van der Waals surface area (Å²) in [6.45, 7) is 4.10. The minimum absolute atomic E-state index is 0.00271. The van der Waals surface area contributed by atoms with Crippen molar-refractivity contribution in [3.63, 3.8) is 0 Å². The zero-order chi connectivity index (χ0) is 13.5. The molecule has 2 N–H and O–H groups in total. The number of thiophene rings is 1. The molecule has 1 amide bonds. The summed E-state index contributed by atoms with van der Waals surface area (Å²) >= 11 is 2.73. The molecule has 1 unspecified atom stereocenters. The maximum Gasteiger partial charge on any atom is 0.313 e. The first-order valence-corrected chi connectivity index (χ1v) is 7.66. The summed E-state index contributed by atoms with van der Waals surface area (Å²) in [5.41, 5.74) is 0. The van der Waals surface area contributed by atoms with Crippen LogP contribution in [0.4, 0.5) is 0 Å². The molecule has 0 aliphatic rings. The van der Waals surface area contributed by atoms with E-state index in [-0.39, 0.29) is 23.5 Å². The highest BCUT2D eigenvalue weighted by molar-refractivity contribution is 8.00. The molecule has 1 aromatic rings. The number of carboxylic acids is 1.